The Morgan fingerprint density at radius 2 is 2.30 bits per heavy atom. The fourth-order valence-electron chi connectivity index (χ4n) is 2.72. The lowest BCUT2D eigenvalue weighted by Gasteiger charge is -2.19. The molecular weight excluding hydrogens is 457 g/mol. The Hall–Kier alpha value is -1.48. The number of benzene rings is 1. The van der Waals surface area contributed by atoms with Crippen LogP contribution in [0.5, 0.6) is 0 Å². The molecule has 0 aliphatic heterocycles. The Kier molecular flexibility index (Phi) is 5.50. The third-order valence-corrected chi connectivity index (χ3v) is 6.13. The average Bonchev–Trinajstić information content (AvgIpc) is 3.33. The van der Waals surface area contributed by atoms with Gasteiger partial charge in [0.05, 0.1) is 38.8 Å². The van der Waals surface area contributed by atoms with Crippen LogP contribution in [0.3, 0.4) is 0 Å². The number of hydroxylamine groups is 1. The molecule has 1 fully saturated rings. The molecule has 27 heavy (non-hydrogen) atoms. The van der Waals surface area contributed by atoms with Crippen molar-refractivity contribution in [2.45, 2.75) is 24.1 Å². The number of alkyl halides is 1. The number of thiazole rings is 1. The lowest BCUT2D eigenvalue weighted by atomic mass is 10.1. The van der Waals surface area contributed by atoms with E-state index in [2.05, 4.69) is 31.7 Å². The van der Waals surface area contributed by atoms with Crippen LogP contribution in [0.1, 0.15) is 29.6 Å². The topological polar surface area (TPSA) is 63.2 Å². The molecular formula is C18H16BrClFN3O2S. The summed E-state index contributed by atoms with van der Waals surface area (Å²) in [6.07, 6.45) is 6.60. The second-order valence-corrected chi connectivity index (χ2v) is 8.98. The highest BCUT2D eigenvalue weighted by molar-refractivity contribution is 9.09. The Balaban J connectivity index is 1.65. The molecule has 1 aromatic carbocycles. The molecule has 0 saturated heterocycles. The molecule has 0 bridgehead atoms. The summed E-state index contributed by atoms with van der Waals surface area (Å²) in [4.78, 5) is 22.1. The largest absolute Gasteiger partial charge is 0.351 e. The number of carbonyl (C=O) groups excluding carboxylic acids is 1. The first-order valence-electron chi connectivity index (χ1n) is 8.49. The number of nitrogens with zero attached hydrogens (tertiary/aromatic N) is 1. The van der Waals surface area contributed by atoms with Crippen molar-refractivity contribution in [2.75, 3.05) is 11.9 Å². The minimum absolute atomic E-state index is 0.0340. The molecule has 142 valence electrons. The maximum Gasteiger partial charge on any atom is 0.277 e. The van der Waals surface area contributed by atoms with Gasteiger partial charge in [-0.25, -0.2) is 14.9 Å². The zero-order valence-electron chi connectivity index (χ0n) is 14.1. The SMILES string of the molecule is O=C(NOCC1CC1)c1cc2scnc2c(F)c1NC1=CCC(Br)C=C1Cl. The van der Waals surface area contributed by atoms with E-state index in [1.165, 1.54) is 11.3 Å². The molecule has 4 rings (SSSR count). The van der Waals surface area contributed by atoms with Gasteiger partial charge in [-0.3, -0.25) is 9.63 Å². The molecule has 1 atom stereocenters. The van der Waals surface area contributed by atoms with E-state index in [4.69, 9.17) is 16.4 Å². The summed E-state index contributed by atoms with van der Waals surface area (Å²) in [6.45, 7) is 0.464. The standard InChI is InChI=1S/C18H16BrClFN3O2S/c19-10-3-4-13(12(20)5-10)23-16-11(18(25)24-26-7-9-1-2-9)6-14-17(15(16)21)22-8-27-14/h4-6,8-10,23H,1-3,7H2,(H,24,25). The highest BCUT2D eigenvalue weighted by Crippen LogP contribution is 2.34. The predicted octanol–water partition coefficient (Wildman–Crippen LogP) is 5.09. The Morgan fingerprint density at radius 3 is 3.04 bits per heavy atom. The van der Waals surface area contributed by atoms with Crippen molar-refractivity contribution < 1.29 is 14.0 Å². The van der Waals surface area contributed by atoms with Gasteiger partial charge in [-0.2, -0.15) is 0 Å². The smallest absolute Gasteiger partial charge is 0.277 e. The minimum atomic E-state index is -0.590. The first kappa shape index (κ1) is 18.9. The van der Waals surface area contributed by atoms with E-state index in [0.717, 1.165) is 12.8 Å². The zero-order valence-corrected chi connectivity index (χ0v) is 17.3. The predicted molar refractivity (Wildman–Crippen MR) is 109 cm³/mol. The van der Waals surface area contributed by atoms with Gasteiger partial charge in [0.1, 0.15) is 5.52 Å². The third kappa shape index (κ3) is 4.18. The lowest BCUT2D eigenvalue weighted by Crippen LogP contribution is -2.26. The van der Waals surface area contributed by atoms with Crippen LogP contribution in [-0.4, -0.2) is 22.3 Å². The van der Waals surface area contributed by atoms with Gasteiger partial charge in [0.2, 0.25) is 0 Å². The second-order valence-electron chi connectivity index (χ2n) is 6.51. The van der Waals surface area contributed by atoms with Gasteiger partial charge in [0.25, 0.3) is 5.91 Å². The Morgan fingerprint density at radius 1 is 1.48 bits per heavy atom. The Bertz CT molecular complexity index is 957. The van der Waals surface area contributed by atoms with E-state index in [9.17, 15) is 4.79 Å². The van der Waals surface area contributed by atoms with E-state index in [1.54, 1.807) is 11.6 Å². The van der Waals surface area contributed by atoms with Crippen molar-refractivity contribution in [3.05, 3.63) is 45.8 Å². The quantitative estimate of drug-likeness (QED) is 0.454. The number of amides is 1. The molecule has 1 saturated carbocycles. The van der Waals surface area contributed by atoms with Crippen molar-refractivity contribution in [1.82, 2.24) is 10.5 Å². The summed E-state index contributed by atoms with van der Waals surface area (Å²) in [5, 5.41) is 3.43. The van der Waals surface area contributed by atoms with Gasteiger partial charge in [0, 0.05) is 4.83 Å². The number of fused-ring (bicyclic) bond motifs is 1. The van der Waals surface area contributed by atoms with E-state index >= 15 is 4.39 Å². The summed E-state index contributed by atoms with van der Waals surface area (Å²) in [6, 6.07) is 1.61. The van der Waals surface area contributed by atoms with E-state index in [0.29, 0.717) is 34.4 Å². The fraction of sp³-hybridized carbons (Fsp3) is 0.333. The number of hydrogen-bond donors (Lipinski definition) is 2. The molecule has 2 N–H and O–H groups in total. The number of nitrogens with one attached hydrogen (secondary N) is 2. The van der Waals surface area contributed by atoms with Gasteiger partial charge in [-0.15, -0.1) is 11.3 Å². The third-order valence-electron chi connectivity index (χ3n) is 4.38. The van der Waals surface area contributed by atoms with E-state index in [-0.39, 0.29) is 21.6 Å². The van der Waals surface area contributed by atoms with Crippen LogP contribution < -0.4 is 10.8 Å². The normalized spacial score (nSPS) is 19.6. The molecule has 2 aliphatic rings. The molecule has 1 heterocycles. The van der Waals surface area contributed by atoms with Gasteiger partial charge in [-0.05, 0) is 37.3 Å². The van der Waals surface area contributed by atoms with Crippen molar-refractivity contribution >= 4 is 60.7 Å². The Labute approximate surface area is 172 Å². The average molecular weight is 473 g/mol. The van der Waals surface area contributed by atoms with Crippen molar-refractivity contribution in [2.24, 2.45) is 5.92 Å². The molecule has 9 heteroatoms. The van der Waals surface area contributed by atoms with Crippen LogP contribution in [0.4, 0.5) is 10.1 Å². The van der Waals surface area contributed by atoms with Crippen molar-refractivity contribution in [3.63, 3.8) is 0 Å². The molecule has 0 radical (unpaired) electrons. The molecule has 5 nitrogen and oxygen atoms in total. The van der Waals surface area contributed by atoms with E-state index < -0.39 is 11.7 Å². The van der Waals surface area contributed by atoms with Gasteiger partial charge < -0.3 is 5.32 Å². The van der Waals surface area contributed by atoms with Crippen molar-refractivity contribution in [1.29, 1.82) is 0 Å². The molecule has 1 unspecified atom stereocenters. The first-order chi connectivity index (χ1) is 13.0. The monoisotopic (exact) mass is 471 g/mol. The highest BCUT2D eigenvalue weighted by Gasteiger charge is 2.25. The number of aromatic nitrogens is 1. The summed E-state index contributed by atoms with van der Waals surface area (Å²) in [5.41, 5.74) is 4.91. The number of halogens is 3. The molecule has 1 aromatic heterocycles. The van der Waals surface area contributed by atoms with Crippen LogP contribution in [-0.2, 0) is 4.84 Å². The van der Waals surface area contributed by atoms with Crippen LogP contribution in [0.25, 0.3) is 10.2 Å². The van der Waals surface area contributed by atoms with E-state index in [1.807, 2.05) is 12.2 Å². The molecule has 2 aliphatic carbocycles. The fourth-order valence-corrected chi connectivity index (χ4v) is 4.31. The first-order valence-corrected chi connectivity index (χ1v) is 10.7. The summed E-state index contributed by atoms with van der Waals surface area (Å²) >= 11 is 11.0. The number of hydrogen-bond acceptors (Lipinski definition) is 5. The highest BCUT2D eigenvalue weighted by atomic mass is 79.9. The number of rotatable bonds is 6. The van der Waals surface area contributed by atoms with Crippen molar-refractivity contribution in [3.8, 4) is 0 Å². The maximum absolute atomic E-state index is 15.1. The van der Waals surface area contributed by atoms with Crippen LogP contribution >= 0.6 is 38.9 Å². The summed E-state index contributed by atoms with van der Waals surface area (Å²) in [7, 11) is 0. The number of anilines is 1. The van der Waals surface area contributed by atoms with Crippen LogP contribution in [0.2, 0.25) is 0 Å². The van der Waals surface area contributed by atoms with Gasteiger partial charge >= 0.3 is 0 Å². The zero-order chi connectivity index (χ0) is 19.0. The molecule has 0 spiro atoms. The summed E-state index contributed by atoms with van der Waals surface area (Å²) in [5.74, 6) is -0.605. The van der Waals surface area contributed by atoms with Crippen LogP contribution in [0.15, 0.2) is 34.5 Å². The minimum Gasteiger partial charge on any atom is -0.351 e. The summed E-state index contributed by atoms with van der Waals surface area (Å²) < 4.78 is 15.7. The lowest BCUT2D eigenvalue weighted by molar-refractivity contribution is 0.0271. The maximum atomic E-state index is 15.1. The van der Waals surface area contributed by atoms with Gasteiger partial charge in [0.15, 0.2) is 5.82 Å². The number of allylic oxidation sites excluding steroid dienone is 3. The number of carbonyl (C=O) groups is 1. The second kappa shape index (κ2) is 7.87. The van der Waals surface area contributed by atoms with Crippen LogP contribution in [0, 0.1) is 11.7 Å². The van der Waals surface area contributed by atoms with Gasteiger partial charge in [-0.1, -0.05) is 33.6 Å². The molecule has 2 aromatic rings. The molecule has 1 amide bonds.